The monoisotopic (exact) mass is 257 g/mol. The first kappa shape index (κ1) is 14.0. The first-order chi connectivity index (χ1) is 9.18. The van der Waals surface area contributed by atoms with Gasteiger partial charge in [0.1, 0.15) is 5.54 Å². The largest absolute Gasteiger partial charge is 0.314 e. The van der Waals surface area contributed by atoms with Gasteiger partial charge in [-0.05, 0) is 24.5 Å². The lowest BCUT2D eigenvalue weighted by Gasteiger charge is -2.39. The molecule has 1 aliphatic rings. The molecule has 3 heteroatoms. The SMILES string of the molecule is CCc1ccc(CC(C)(C#N)N2CCNCC2)cc1. The number of benzene rings is 1. The van der Waals surface area contributed by atoms with E-state index in [1.165, 1.54) is 11.1 Å². The van der Waals surface area contributed by atoms with Crippen LogP contribution in [0.4, 0.5) is 0 Å². The summed E-state index contributed by atoms with van der Waals surface area (Å²) in [5.74, 6) is 0. The van der Waals surface area contributed by atoms with Crippen LogP contribution in [0.25, 0.3) is 0 Å². The van der Waals surface area contributed by atoms with Crippen LogP contribution in [0.15, 0.2) is 24.3 Å². The Kier molecular flexibility index (Phi) is 4.57. The average Bonchev–Trinajstić information content (AvgIpc) is 2.49. The van der Waals surface area contributed by atoms with Crippen molar-refractivity contribution in [2.24, 2.45) is 0 Å². The Labute approximate surface area is 116 Å². The van der Waals surface area contributed by atoms with Crippen molar-refractivity contribution in [2.45, 2.75) is 32.2 Å². The second kappa shape index (κ2) is 6.18. The zero-order valence-electron chi connectivity index (χ0n) is 11.9. The minimum Gasteiger partial charge on any atom is -0.314 e. The van der Waals surface area contributed by atoms with Crippen LogP contribution in [0, 0.1) is 11.3 Å². The second-order valence-electron chi connectivity index (χ2n) is 5.47. The molecule has 1 N–H and O–H groups in total. The number of hydrogen-bond acceptors (Lipinski definition) is 3. The average molecular weight is 257 g/mol. The van der Waals surface area contributed by atoms with Gasteiger partial charge in [0.25, 0.3) is 0 Å². The molecule has 0 spiro atoms. The van der Waals surface area contributed by atoms with Gasteiger partial charge in [-0.25, -0.2) is 0 Å². The molecular formula is C16H23N3. The van der Waals surface area contributed by atoms with E-state index in [2.05, 4.69) is 54.4 Å². The summed E-state index contributed by atoms with van der Waals surface area (Å²) >= 11 is 0. The van der Waals surface area contributed by atoms with Gasteiger partial charge in [-0.3, -0.25) is 4.90 Å². The van der Waals surface area contributed by atoms with E-state index in [1.807, 2.05) is 0 Å². The number of rotatable bonds is 4. The Hall–Kier alpha value is -1.37. The quantitative estimate of drug-likeness (QED) is 0.896. The number of nitrogens with zero attached hydrogens (tertiary/aromatic N) is 2. The molecule has 2 rings (SSSR count). The van der Waals surface area contributed by atoms with Crippen molar-refractivity contribution in [3.63, 3.8) is 0 Å². The number of nitriles is 1. The highest BCUT2D eigenvalue weighted by Crippen LogP contribution is 2.21. The molecule has 0 radical (unpaired) electrons. The molecule has 1 unspecified atom stereocenters. The Bertz CT molecular complexity index is 440. The van der Waals surface area contributed by atoms with E-state index in [1.54, 1.807) is 0 Å². The molecule has 1 aliphatic heterocycles. The molecule has 102 valence electrons. The lowest BCUT2D eigenvalue weighted by Crippen LogP contribution is -2.55. The van der Waals surface area contributed by atoms with Crippen LogP contribution in [0.2, 0.25) is 0 Å². The van der Waals surface area contributed by atoms with E-state index < -0.39 is 5.54 Å². The number of nitrogens with one attached hydrogen (secondary N) is 1. The predicted octanol–water partition coefficient (Wildman–Crippen LogP) is 1.98. The van der Waals surface area contributed by atoms with E-state index >= 15 is 0 Å². The lowest BCUT2D eigenvalue weighted by atomic mass is 9.91. The summed E-state index contributed by atoms with van der Waals surface area (Å²) < 4.78 is 0. The summed E-state index contributed by atoms with van der Waals surface area (Å²) in [6, 6.07) is 11.2. The van der Waals surface area contributed by atoms with Crippen molar-refractivity contribution in [3.8, 4) is 6.07 Å². The second-order valence-corrected chi connectivity index (χ2v) is 5.47. The molecule has 1 aromatic carbocycles. The molecule has 19 heavy (non-hydrogen) atoms. The van der Waals surface area contributed by atoms with Gasteiger partial charge in [0.05, 0.1) is 6.07 Å². The summed E-state index contributed by atoms with van der Waals surface area (Å²) in [6.45, 7) is 8.09. The van der Waals surface area contributed by atoms with E-state index in [0.717, 1.165) is 39.0 Å². The van der Waals surface area contributed by atoms with Crippen molar-refractivity contribution in [1.82, 2.24) is 10.2 Å². The molecule has 0 aromatic heterocycles. The molecule has 1 aromatic rings. The zero-order valence-corrected chi connectivity index (χ0v) is 11.9. The third-order valence-electron chi connectivity index (χ3n) is 4.04. The maximum Gasteiger partial charge on any atom is 0.110 e. The fraction of sp³-hybridized carbons (Fsp3) is 0.562. The molecule has 1 saturated heterocycles. The van der Waals surface area contributed by atoms with Crippen molar-refractivity contribution in [2.75, 3.05) is 26.2 Å². The van der Waals surface area contributed by atoms with Crippen molar-refractivity contribution in [1.29, 1.82) is 5.26 Å². The van der Waals surface area contributed by atoms with Gasteiger partial charge in [0.15, 0.2) is 0 Å². The van der Waals surface area contributed by atoms with Crippen molar-refractivity contribution < 1.29 is 0 Å². The predicted molar refractivity (Wildman–Crippen MR) is 78.0 cm³/mol. The number of aryl methyl sites for hydroxylation is 1. The Balaban J connectivity index is 2.10. The van der Waals surface area contributed by atoms with E-state index in [0.29, 0.717) is 0 Å². The topological polar surface area (TPSA) is 39.1 Å². The molecule has 0 bridgehead atoms. The summed E-state index contributed by atoms with van der Waals surface area (Å²) in [5, 5.41) is 12.9. The maximum atomic E-state index is 9.59. The molecule has 3 nitrogen and oxygen atoms in total. The molecule has 1 heterocycles. The fourth-order valence-corrected chi connectivity index (χ4v) is 2.67. The standard InChI is InChI=1S/C16H23N3/c1-3-14-4-6-15(7-5-14)12-16(2,13-17)19-10-8-18-9-11-19/h4-7,18H,3,8-12H2,1-2H3. The molecule has 0 saturated carbocycles. The van der Waals surface area contributed by atoms with Gasteiger partial charge in [-0.15, -0.1) is 0 Å². The highest BCUT2D eigenvalue weighted by Gasteiger charge is 2.32. The highest BCUT2D eigenvalue weighted by molar-refractivity contribution is 5.26. The third-order valence-corrected chi connectivity index (χ3v) is 4.04. The molecule has 1 fully saturated rings. The van der Waals surface area contributed by atoms with Gasteiger partial charge < -0.3 is 5.32 Å². The van der Waals surface area contributed by atoms with Gasteiger partial charge in [-0.1, -0.05) is 31.2 Å². The third kappa shape index (κ3) is 3.34. The Morgan fingerprint density at radius 3 is 2.32 bits per heavy atom. The van der Waals surface area contributed by atoms with Gasteiger partial charge in [-0.2, -0.15) is 5.26 Å². The van der Waals surface area contributed by atoms with Gasteiger partial charge in [0, 0.05) is 32.6 Å². The Morgan fingerprint density at radius 2 is 1.79 bits per heavy atom. The normalized spacial score (nSPS) is 19.6. The summed E-state index contributed by atoms with van der Waals surface area (Å²) in [4.78, 5) is 2.30. The zero-order chi connectivity index (χ0) is 13.7. The number of piperazine rings is 1. The van der Waals surface area contributed by atoms with E-state index in [-0.39, 0.29) is 0 Å². The number of hydrogen-bond donors (Lipinski definition) is 1. The minimum atomic E-state index is -0.393. The smallest absolute Gasteiger partial charge is 0.110 e. The summed E-state index contributed by atoms with van der Waals surface area (Å²) in [6.07, 6.45) is 1.86. The lowest BCUT2D eigenvalue weighted by molar-refractivity contribution is 0.132. The maximum absolute atomic E-state index is 9.59. The molecule has 0 aliphatic carbocycles. The molecule has 1 atom stereocenters. The van der Waals surface area contributed by atoms with Crippen LogP contribution < -0.4 is 5.32 Å². The minimum absolute atomic E-state index is 0.393. The highest BCUT2D eigenvalue weighted by atomic mass is 15.2. The van der Waals surface area contributed by atoms with Crippen LogP contribution >= 0.6 is 0 Å². The summed E-state index contributed by atoms with van der Waals surface area (Å²) in [7, 11) is 0. The van der Waals surface area contributed by atoms with E-state index in [9.17, 15) is 5.26 Å². The van der Waals surface area contributed by atoms with Crippen LogP contribution in [0.3, 0.4) is 0 Å². The van der Waals surface area contributed by atoms with Crippen LogP contribution in [-0.2, 0) is 12.8 Å². The van der Waals surface area contributed by atoms with E-state index in [4.69, 9.17) is 0 Å². The van der Waals surface area contributed by atoms with Crippen molar-refractivity contribution >= 4 is 0 Å². The van der Waals surface area contributed by atoms with Crippen LogP contribution in [-0.4, -0.2) is 36.6 Å². The first-order valence-electron chi connectivity index (χ1n) is 7.13. The van der Waals surface area contributed by atoms with Crippen molar-refractivity contribution in [3.05, 3.63) is 35.4 Å². The van der Waals surface area contributed by atoms with Crippen LogP contribution in [0.1, 0.15) is 25.0 Å². The fourth-order valence-electron chi connectivity index (χ4n) is 2.67. The summed E-state index contributed by atoms with van der Waals surface area (Å²) in [5.41, 5.74) is 2.21. The van der Waals surface area contributed by atoms with Gasteiger partial charge >= 0.3 is 0 Å². The van der Waals surface area contributed by atoms with Crippen LogP contribution in [0.5, 0.6) is 0 Å². The Morgan fingerprint density at radius 1 is 1.21 bits per heavy atom. The molecular weight excluding hydrogens is 234 g/mol. The van der Waals surface area contributed by atoms with Gasteiger partial charge in [0.2, 0.25) is 0 Å². The molecule has 0 amide bonds. The first-order valence-corrected chi connectivity index (χ1v) is 7.13.